The first-order chi connectivity index (χ1) is 13.3. The summed E-state index contributed by atoms with van der Waals surface area (Å²) in [6.07, 6.45) is -0.845. The highest BCUT2D eigenvalue weighted by atomic mass is 19.4. The van der Waals surface area contributed by atoms with E-state index in [1.165, 1.54) is 13.0 Å². The maximum Gasteiger partial charge on any atom is 0.433 e. The molecule has 2 aromatic rings. The number of aryl methyl sites for hydroxylation is 1. The van der Waals surface area contributed by atoms with Crippen molar-refractivity contribution in [3.8, 4) is 5.75 Å². The molecule has 2 heterocycles. The second-order valence-electron chi connectivity index (χ2n) is 6.96. The van der Waals surface area contributed by atoms with Crippen molar-refractivity contribution in [2.45, 2.75) is 44.8 Å². The number of carbonyl (C=O) groups is 1. The van der Waals surface area contributed by atoms with Gasteiger partial charge in [0.05, 0.1) is 24.4 Å². The first-order valence-electron chi connectivity index (χ1n) is 9.31. The molecule has 1 atom stereocenters. The third-order valence-electron chi connectivity index (χ3n) is 5.12. The molecule has 1 aromatic carbocycles. The number of hydrogen-bond acceptors (Lipinski definition) is 3. The van der Waals surface area contributed by atoms with Crippen LogP contribution in [0.4, 0.5) is 13.2 Å². The normalized spacial score (nSPS) is 17.9. The Bertz CT molecular complexity index is 835. The standard InChI is InChI=1S/C21H23F3N2O2/c1-14-17(11-12-19(25-14)21(22,23)24)20(27)26-13-5-3-4-6-18(26)15-7-9-16(28-2)10-8-15/h7-12,18H,3-6,13H2,1-2H3/t18-/m1/s1. The van der Waals surface area contributed by atoms with Crippen LogP contribution in [0.1, 0.15) is 59.0 Å². The summed E-state index contributed by atoms with van der Waals surface area (Å²) in [5, 5.41) is 0. The lowest BCUT2D eigenvalue weighted by molar-refractivity contribution is -0.141. The number of alkyl halides is 3. The zero-order valence-electron chi connectivity index (χ0n) is 15.9. The number of aromatic nitrogens is 1. The number of nitrogens with zero attached hydrogens (tertiary/aromatic N) is 2. The van der Waals surface area contributed by atoms with Gasteiger partial charge in [-0.05, 0) is 49.6 Å². The van der Waals surface area contributed by atoms with Crippen molar-refractivity contribution in [2.75, 3.05) is 13.7 Å². The molecule has 0 saturated carbocycles. The van der Waals surface area contributed by atoms with E-state index in [4.69, 9.17) is 4.74 Å². The van der Waals surface area contributed by atoms with Crippen LogP contribution in [0.3, 0.4) is 0 Å². The van der Waals surface area contributed by atoms with Crippen molar-refractivity contribution < 1.29 is 22.7 Å². The molecular weight excluding hydrogens is 369 g/mol. The van der Waals surface area contributed by atoms with Gasteiger partial charge in [-0.3, -0.25) is 4.79 Å². The lowest BCUT2D eigenvalue weighted by Crippen LogP contribution is -2.35. The highest BCUT2D eigenvalue weighted by Gasteiger charge is 2.34. The van der Waals surface area contributed by atoms with E-state index in [1.54, 1.807) is 12.0 Å². The molecule has 0 unspecified atom stereocenters. The van der Waals surface area contributed by atoms with Gasteiger partial charge in [-0.15, -0.1) is 0 Å². The molecule has 0 spiro atoms. The highest BCUT2D eigenvalue weighted by molar-refractivity contribution is 5.95. The minimum absolute atomic E-state index is 0.0950. The number of methoxy groups -OCH3 is 1. The minimum Gasteiger partial charge on any atom is -0.497 e. The van der Waals surface area contributed by atoms with E-state index in [0.29, 0.717) is 6.54 Å². The van der Waals surface area contributed by atoms with Crippen LogP contribution in [0.15, 0.2) is 36.4 Å². The fourth-order valence-electron chi connectivity index (χ4n) is 3.62. The summed E-state index contributed by atoms with van der Waals surface area (Å²) in [6, 6.07) is 9.58. The van der Waals surface area contributed by atoms with Crippen LogP contribution in [0, 0.1) is 6.92 Å². The van der Waals surface area contributed by atoms with Crippen molar-refractivity contribution in [3.63, 3.8) is 0 Å². The number of ether oxygens (including phenoxy) is 1. The average molecular weight is 392 g/mol. The third kappa shape index (κ3) is 4.29. The van der Waals surface area contributed by atoms with E-state index in [1.807, 2.05) is 24.3 Å². The summed E-state index contributed by atoms with van der Waals surface area (Å²) in [4.78, 5) is 18.6. The van der Waals surface area contributed by atoms with Crippen molar-refractivity contribution in [1.82, 2.24) is 9.88 Å². The Morgan fingerprint density at radius 1 is 1.11 bits per heavy atom. The van der Waals surface area contributed by atoms with Gasteiger partial charge in [0.15, 0.2) is 0 Å². The summed E-state index contributed by atoms with van der Waals surface area (Å²) in [7, 11) is 1.59. The summed E-state index contributed by atoms with van der Waals surface area (Å²) >= 11 is 0. The molecule has 1 saturated heterocycles. The van der Waals surface area contributed by atoms with Crippen LogP contribution in [-0.2, 0) is 6.18 Å². The molecule has 0 aliphatic carbocycles. The number of rotatable bonds is 3. The number of carbonyl (C=O) groups excluding carboxylic acids is 1. The van der Waals surface area contributed by atoms with E-state index in [-0.39, 0.29) is 23.2 Å². The summed E-state index contributed by atoms with van der Waals surface area (Å²) in [5.41, 5.74) is 0.323. The largest absolute Gasteiger partial charge is 0.497 e. The predicted octanol–water partition coefficient (Wildman–Crippen LogP) is 5.17. The molecule has 28 heavy (non-hydrogen) atoms. The van der Waals surface area contributed by atoms with E-state index in [9.17, 15) is 18.0 Å². The molecule has 1 aliphatic heterocycles. The summed E-state index contributed by atoms with van der Waals surface area (Å²) in [5.74, 6) is 0.458. The molecule has 0 radical (unpaired) electrons. The van der Waals surface area contributed by atoms with E-state index in [2.05, 4.69) is 4.98 Å². The van der Waals surface area contributed by atoms with Crippen molar-refractivity contribution >= 4 is 5.91 Å². The fourth-order valence-corrected chi connectivity index (χ4v) is 3.62. The quantitative estimate of drug-likeness (QED) is 0.723. The molecule has 0 N–H and O–H groups in total. The van der Waals surface area contributed by atoms with Crippen molar-refractivity contribution in [2.24, 2.45) is 0 Å². The molecule has 1 aromatic heterocycles. The van der Waals surface area contributed by atoms with E-state index in [0.717, 1.165) is 43.1 Å². The summed E-state index contributed by atoms with van der Waals surface area (Å²) in [6.45, 7) is 2.01. The monoisotopic (exact) mass is 392 g/mol. The first kappa shape index (κ1) is 20.2. The smallest absolute Gasteiger partial charge is 0.433 e. The topological polar surface area (TPSA) is 42.4 Å². The highest BCUT2D eigenvalue weighted by Crippen LogP contribution is 2.33. The second-order valence-corrected chi connectivity index (χ2v) is 6.96. The van der Waals surface area contributed by atoms with Crippen LogP contribution in [-0.4, -0.2) is 29.4 Å². The van der Waals surface area contributed by atoms with Gasteiger partial charge in [-0.2, -0.15) is 13.2 Å². The molecule has 3 rings (SSSR count). The molecule has 1 amide bonds. The molecule has 1 aliphatic rings. The van der Waals surface area contributed by atoms with Gasteiger partial charge in [0.1, 0.15) is 11.4 Å². The third-order valence-corrected chi connectivity index (χ3v) is 5.12. The maximum absolute atomic E-state index is 13.2. The van der Waals surface area contributed by atoms with Gasteiger partial charge in [0, 0.05) is 6.54 Å². The van der Waals surface area contributed by atoms with Crippen LogP contribution in [0.2, 0.25) is 0 Å². The zero-order chi connectivity index (χ0) is 20.3. The van der Waals surface area contributed by atoms with Crippen molar-refractivity contribution in [3.05, 3.63) is 58.9 Å². The van der Waals surface area contributed by atoms with Crippen LogP contribution >= 0.6 is 0 Å². The van der Waals surface area contributed by atoms with Gasteiger partial charge < -0.3 is 9.64 Å². The Balaban J connectivity index is 1.92. The maximum atomic E-state index is 13.2. The Morgan fingerprint density at radius 3 is 2.43 bits per heavy atom. The Hall–Kier alpha value is -2.57. The van der Waals surface area contributed by atoms with Crippen LogP contribution in [0.25, 0.3) is 0 Å². The van der Waals surface area contributed by atoms with Crippen LogP contribution in [0.5, 0.6) is 5.75 Å². The fraction of sp³-hybridized carbons (Fsp3) is 0.429. The summed E-state index contributed by atoms with van der Waals surface area (Å²) < 4.78 is 43.9. The predicted molar refractivity (Wildman–Crippen MR) is 99.2 cm³/mol. The Labute approximate surface area is 162 Å². The molecule has 1 fully saturated rings. The second kappa shape index (κ2) is 8.20. The molecule has 0 bridgehead atoms. The average Bonchev–Trinajstić information content (AvgIpc) is 2.93. The van der Waals surface area contributed by atoms with Gasteiger partial charge in [-0.1, -0.05) is 25.0 Å². The molecule has 7 heteroatoms. The number of hydrogen-bond donors (Lipinski definition) is 0. The first-order valence-corrected chi connectivity index (χ1v) is 9.31. The SMILES string of the molecule is COc1ccc([C@H]2CCCCCN2C(=O)c2ccc(C(F)(F)F)nc2C)cc1. The molecule has 150 valence electrons. The number of halogens is 3. The van der Waals surface area contributed by atoms with Gasteiger partial charge >= 0.3 is 6.18 Å². The van der Waals surface area contributed by atoms with E-state index < -0.39 is 11.9 Å². The van der Waals surface area contributed by atoms with Gasteiger partial charge in [-0.25, -0.2) is 4.98 Å². The molecular formula is C21H23F3N2O2. The number of pyridine rings is 1. The lowest BCUT2D eigenvalue weighted by Gasteiger charge is -2.31. The number of amides is 1. The van der Waals surface area contributed by atoms with Crippen molar-refractivity contribution in [1.29, 1.82) is 0 Å². The van der Waals surface area contributed by atoms with Gasteiger partial charge in [0.25, 0.3) is 5.91 Å². The van der Waals surface area contributed by atoms with Gasteiger partial charge in [0.2, 0.25) is 0 Å². The number of benzene rings is 1. The zero-order valence-corrected chi connectivity index (χ0v) is 15.9. The Kier molecular flexibility index (Phi) is 5.91. The minimum atomic E-state index is -4.53. The molecule has 4 nitrogen and oxygen atoms in total. The lowest BCUT2D eigenvalue weighted by atomic mass is 9.99. The van der Waals surface area contributed by atoms with E-state index >= 15 is 0 Å². The number of likely N-dealkylation sites (tertiary alicyclic amines) is 1. The van der Waals surface area contributed by atoms with Crippen LogP contribution < -0.4 is 4.74 Å². The Morgan fingerprint density at radius 2 is 1.82 bits per heavy atom.